The number of amides is 1. The van der Waals surface area contributed by atoms with E-state index in [1.165, 1.54) is 36.4 Å². The minimum atomic E-state index is -5.71. The molecule has 2 heterocycles. The molecule has 2 atom stereocenters. The molecule has 1 aliphatic rings. The van der Waals surface area contributed by atoms with Crippen LogP contribution < -0.4 is 4.72 Å². The molecule has 3 aromatic carbocycles. The molecule has 1 saturated heterocycles. The lowest BCUT2D eigenvalue weighted by atomic mass is 10.0. The number of H-pyrrole nitrogens is 1. The third-order valence-corrected chi connectivity index (χ3v) is 10.1. The fourth-order valence-corrected chi connectivity index (χ4v) is 7.56. The number of rotatable bonds is 8. The molecule has 1 amide bonds. The van der Waals surface area contributed by atoms with Crippen LogP contribution in [0, 0.1) is 11.6 Å². The molecule has 0 spiro atoms. The van der Waals surface area contributed by atoms with Crippen molar-refractivity contribution in [1.29, 1.82) is 0 Å². The highest BCUT2D eigenvalue weighted by Crippen LogP contribution is 2.56. The number of aromatic nitrogens is 2. The number of carbonyl (C=O) groups excluding carboxylic acids is 2. The molecule has 4 N–H and O–H groups in total. The molecule has 1 aliphatic heterocycles. The number of carbonyl (C=O) groups is 2. The van der Waals surface area contributed by atoms with Gasteiger partial charge in [0, 0.05) is 0 Å². The Kier molecular flexibility index (Phi) is 8.14. The van der Waals surface area contributed by atoms with E-state index in [1.54, 1.807) is 12.1 Å². The Bertz CT molecular complexity index is 1800. The highest BCUT2D eigenvalue weighted by molar-refractivity contribution is 8.23. The molecule has 234 valence electrons. The number of para-hydroxylation sites is 2. The Morgan fingerprint density at radius 1 is 1.05 bits per heavy atom. The van der Waals surface area contributed by atoms with Crippen LogP contribution in [0.25, 0.3) is 11.0 Å². The van der Waals surface area contributed by atoms with Crippen LogP contribution >= 0.6 is 10.8 Å². The van der Waals surface area contributed by atoms with E-state index >= 15 is 0 Å². The third-order valence-electron chi connectivity index (χ3n) is 6.61. The number of hydrogen-bond donors (Lipinski definition) is 4. The maximum Gasteiger partial charge on any atom is 0.492 e. The number of imidazole rings is 1. The van der Waals surface area contributed by atoms with Crippen molar-refractivity contribution in [2.24, 2.45) is 0 Å². The van der Waals surface area contributed by atoms with Gasteiger partial charge in [-0.1, -0.05) is 42.5 Å². The molecule has 1 unspecified atom stereocenters. The zero-order valence-electron chi connectivity index (χ0n) is 22.0. The van der Waals surface area contributed by atoms with Gasteiger partial charge in [0.2, 0.25) is 5.91 Å². The van der Waals surface area contributed by atoms with E-state index < -0.39 is 77.6 Å². The number of halogens is 5. The molecular weight excluding hydrogens is 639 g/mol. The summed E-state index contributed by atoms with van der Waals surface area (Å²) in [6.45, 7) is 0. The van der Waals surface area contributed by atoms with Gasteiger partial charge in [0.15, 0.2) is 4.90 Å². The molecule has 18 heteroatoms. The van der Waals surface area contributed by atoms with Gasteiger partial charge in [-0.2, -0.15) is 13.2 Å². The van der Waals surface area contributed by atoms with Crippen molar-refractivity contribution in [3.05, 3.63) is 95.3 Å². The number of hydrogen-bond acceptors (Lipinski definition) is 8. The highest BCUT2D eigenvalue weighted by Gasteiger charge is 2.48. The van der Waals surface area contributed by atoms with Crippen LogP contribution in [-0.2, 0) is 30.9 Å². The summed E-state index contributed by atoms with van der Waals surface area (Å²) in [6.07, 6.45) is -6.52. The van der Waals surface area contributed by atoms with Crippen molar-refractivity contribution in [3.8, 4) is 0 Å². The fourth-order valence-electron chi connectivity index (χ4n) is 4.60. The quantitative estimate of drug-likeness (QED) is 0.151. The zero-order chi connectivity index (χ0) is 32.0. The molecule has 1 aromatic heterocycles. The van der Waals surface area contributed by atoms with Gasteiger partial charge in [-0.3, -0.25) is 18.6 Å². The number of alkyl halides is 3. The first kappa shape index (κ1) is 31.3. The van der Waals surface area contributed by atoms with Gasteiger partial charge < -0.3 is 9.82 Å². The monoisotopic (exact) mass is 660 g/mol. The zero-order valence-corrected chi connectivity index (χ0v) is 23.6. The van der Waals surface area contributed by atoms with E-state index in [0.717, 1.165) is 6.07 Å². The van der Waals surface area contributed by atoms with Crippen molar-refractivity contribution in [2.45, 2.75) is 35.2 Å². The molecule has 0 saturated carbocycles. The lowest BCUT2D eigenvalue weighted by Gasteiger charge is -2.33. The van der Waals surface area contributed by atoms with Crippen LogP contribution in [0.3, 0.4) is 0 Å². The molecule has 1 fully saturated rings. The number of aromatic amines is 1. The maximum atomic E-state index is 14.7. The van der Waals surface area contributed by atoms with Crippen LogP contribution in [0.1, 0.15) is 34.7 Å². The van der Waals surface area contributed by atoms with E-state index in [0.29, 0.717) is 23.2 Å². The average Bonchev–Trinajstić information content (AvgIpc) is 3.49. The summed E-state index contributed by atoms with van der Waals surface area (Å²) in [7, 11) is -9.21. The second kappa shape index (κ2) is 11.4. The Hall–Kier alpha value is -4.10. The molecule has 44 heavy (non-hydrogen) atoms. The number of benzene rings is 3. The van der Waals surface area contributed by atoms with Gasteiger partial charge in [-0.05, 0) is 46.3 Å². The van der Waals surface area contributed by atoms with E-state index in [1.807, 2.05) is 0 Å². The van der Waals surface area contributed by atoms with E-state index in [4.69, 9.17) is 0 Å². The Balaban J connectivity index is 1.63. The summed E-state index contributed by atoms with van der Waals surface area (Å²) in [5.41, 5.74) is 1.03. The molecule has 5 rings (SSSR count). The fraction of sp³-hybridized carbons (Fsp3) is 0.192. The smallest absolute Gasteiger partial charge is 0.344 e. The summed E-state index contributed by atoms with van der Waals surface area (Å²) >= 11 is 0. The first-order valence-corrected chi connectivity index (χ1v) is 15.5. The first-order chi connectivity index (χ1) is 20.6. The summed E-state index contributed by atoms with van der Waals surface area (Å²) in [6, 6.07) is 11.6. The number of hydroxylamine groups is 1. The van der Waals surface area contributed by atoms with Gasteiger partial charge in [-0.15, -0.1) is 10.8 Å². The van der Waals surface area contributed by atoms with Crippen LogP contribution in [0.2, 0.25) is 0 Å². The van der Waals surface area contributed by atoms with Crippen LogP contribution in [0.4, 0.5) is 22.0 Å². The molecule has 0 bridgehead atoms. The van der Waals surface area contributed by atoms with E-state index in [2.05, 4.69) is 19.5 Å². The number of nitrogens with zero attached hydrogens (tertiary/aromatic N) is 2. The SMILES string of the molecule is O=C1CC(c2ccc(C[C@@H](c3nc4ccccc4[nH]3)N(OC(=O)C(F)(F)F)S(=O)(=O)c3c(F)cccc3F)cc2)S(O)(O)N1. The predicted molar refractivity (Wildman–Crippen MR) is 145 cm³/mol. The van der Waals surface area contributed by atoms with Gasteiger partial charge in [-0.25, -0.2) is 27.0 Å². The summed E-state index contributed by atoms with van der Waals surface area (Å²) in [5, 5.41) is -1.01. The number of sulfonamides is 1. The summed E-state index contributed by atoms with van der Waals surface area (Å²) < 4.78 is 119. The Morgan fingerprint density at radius 3 is 2.25 bits per heavy atom. The number of fused-ring (bicyclic) bond motifs is 1. The normalized spacial score (nSPS) is 18.3. The Morgan fingerprint density at radius 2 is 1.68 bits per heavy atom. The molecule has 0 radical (unpaired) electrons. The van der Waals surface area contributed by atoms with Crippen molar-refractivity contribution in [2.75, 3.05) is 0 Å². The standard InChI is InChI=1S/C26H21F5N4O7S2/c27-16-4-3-5-17(28)23(16)44(40,41)35(42-25(37)26(29,30)31)20(24-32-18-6-1-2-7-19(18)33-24)12-14-8-10-15(11-9-14)21-13-22(36)34-43(21,38)39/h1-11,20-21,38-39H,12-13H2,(H,32,33)(H,34,36)/t20-,21?/m0/s1. The van der Waals surface area contributed by atoms with Crippen molar-refractivity contribution >= 4 is 43.7 Å². The van der Waals surface area contributed by atoms with Crippen molar-refractivity contribution < 1.29 is 53.9 Å². The van der Waals surface area contributed by atoms with E-state index in [9.17, 15) is 49.1 Å². The van der Waals surface area contributed by atoms with Crippen LogP contribution in [-0.4, -0.2) is 50.0 Å². The van der Waals surface area contributed by atoms with Crippen LogP contribution in [0.15, 0.2) is 71.6 Å². The Labute approximate surface area is 247 Å². The molecule has 11 nitrogen and oxygen atoms in total. The topological polar surface area (TPSA) is 162 Å². The number of nitrogens with one attached hydrogen (secondary N) is 2. The lowest BCUT2D eigenvalue weighted by molar-refractivity contribution is -0.227. The van der Waals surface area contributed by atoms with Gasteiger partial charge in [0.25, 0.3) is 10.0 Å². The second-order valence-electron chi connectivity index (χ2n) is 9.60. The predicted octanol–water partition coefficient (Wildman–Crippen LogP) is 5.06. The van der Waals surface area contributed by atoms with E-state index in [-0.39, 0.29) is 23.3 Å². The van der Waals surface area contributed by atoms with Gasteiger partial charge in [0.05, 0.1) is 17.5 Å². The summed E-state index contributed by atoms with van der Waals surface area (Å²) in [4.78, 5) is 33.4. The highest BCUT2D eigenvalue weighted by atomic mass is 32.3. The minimum absolute atomic E-state index is 0.185. The average molecular weight is 661 g/mol. The lowest BCUT2D eigenvalue weighted by Crippen LogP contribution is -2.42. The third kappa shape index (κ3) is 6.11. The molecular formula is C26H21F5N4O7S2. The summed E-state index contributed by atoms with van der Waals surface area (Å²) in [5.74, 6) is -7.26. The van der Waals surface area contributed by atoms with Gasteiger partial charge in [0.1, 0.15) is 28.8 Å². The minimum Gasteiger partial charge on any atom is -0.344 e. The largest absolute Gasteiger partial charge is 0.492 e. The first-order valence-electron chi connectivity index (χ1n) is 12.5. The second-order valence-corrected chi connectivity index (χ2v) is 13.3. The van der Waals surface area contributed by atoms with Crippen LogP contribution in [0.5, 0.6) is 0 Å². The molecule has 0 aliphatic carbocycles. The van der Waals surface area contributed by atoms with Crippen molar-refractivity contribution in [3.63, 3.8) is 0 Å². The van der Waals surface area contributed by atoms with Crippen molar-refractivity contribution in [1.82, 2.24) is 19.2 Å². The maximum absolute atomic E-state index is 14.7. The molecule has 4 aromatic rings. The van der Waals surface area contributed by atoms with Gasteiger partial charge >= 0.3 is 12.1 Å².